The van der Waals surface area contributed by atoms with Crippen LogP contribution in [0.2, 0.25) is 0 Å². The molecule has 1 heterocycles. The highest BCUT2D eigenvalue weighted by Gasteiger charge is 2.45. The molecule has 1 aliphatic heterocycles. The van der Waals surface area contributed by atoms with Gasteiger partial charge in [-0.25, -0.2) is 13.2 Å². The lowest BCUT2D eigenvalue weighted by molar-refractivity contribution is 0.102. The van der Waals surface area contributed by atoms with Gasteiger partial charge in [0.15, 0.2) is 5.60 Å². The number of carbonyl (C=O) groups is 1. The summed E-state index contributed by atoms with van der Waals surface area (Å²) in [6.45, 7) is 9.19. The summed E-state index contributed by atoms with van der Waals surface area (Å²) in [6, 6.07) is 46.7. The van der Waals surface area contributed by atoms with Crippen LogP contribution in [0, 0.1) is 23.4 Å². The van der Waals surface area contributed by atoms with E-state index in [1.807, 2.05) is 84.9 Å². The zero-order chi connectivity index (χ0) is 51.8. The first-order valence-electron chi connectivity index (χ1n) is 27.1. The minimum absolute atomic E-state index is 0.0392. The Hall–Kier alpha value is -7.38. The van der Waals surface area contributed by atoms with Gasteiger partial charge in [0.05, 0.1) is 12.0 Å². The number of fused-ring (bicyclic) bond motifs is 8. The minimum atomic E-state index is -1.32. The summed E-state index contributed by atoms with van der Waals surface area (Å²) in [5.41, 5.74) is 9.91. The van der Waals surface area contributed by atoms with E-state index < -0.39 is 28.5 Å². The number of halogens is 3. The van der Waals surface area contributed by atoms with Gasteiger partial charge in [-0.1, -0.05) is 151 Å². The van der Waals surface area contributed by atoms with Crippen molar-refractivity contribution in [2.75, 3.05) is 11.9 Å². The first-order valence-corrected chi connectivity index (χ1v) is 27.1. The maximum atomic E-state index is 16.8. The van der Waals surface area contributed by atoms with Crippen LogP contribution in [0.3, 0.4) is 0 Å². The van der Waals surface area contributed by atoms with Crippen molar-refractivity contribution in [1.29, 1.82) is 0 Å². The monoisotopic (exact) mass is 999 g/mol. The average Bonchev–Trinajstić information content (AvgIpc) is 3.69. The molecule has 380 valence electrons. The third-order valence-electron chi connectivity index (χ3n) is 16.4. The Morgan fingerprint density at radius 2 is 1.25 bits per heavy atom. The molecule has 2 aliphatic carbocycles. The maximum Gasteiger partial charge on any atom is 0.255 e. The second-order valence-electron chi connectivity index (χ2n) is 21.5. The quantitative estimate of drug-likeness (QED) is 0.104. The molecule has 11 rings (SSSR count). The van der Waals surface area contributed by atoms with E-state index in [4.69, 9.17) is 9.47 Å². The summed E-state index contributed by atoms with van der Waals surface area (Å²) in [6.07, 6.45) is 16.5. The smallest absolute Gasteiger partial charge is 0.255 e. The van der Waals surface area contributed by atoms with Crippen molar-refractivity contribution >= 4 is 28.4 Å². The lowest BCUT2D eigenvalue weighted by Gasteiger charge is -2.38. The second kappa shape index (κ2) is 20.7. The fourth-order valence-corrected chi connectivity index (χ4v) is 12.2. The van der Waals surface area contributed by atoms with Crippen LogP contribution >= 0.6 is 0 Å². The molecule has 0 aromatic heterocycles. The van der Waals surface area contributed by atoms with Gasteiger partial charge in [-0.2, -0.15) is 0 Å². The van der Waals surface area contributed by atoms with E-state index in [-0.39, 0.29) is 22.4 Å². The molecule has 1 fully saturated rings. The lowest BCUT2D eigenvalue weighted by Crippen LogP contribution is -2.35. The normalized spacial score (nSPS) is 18.2. The predicted octanol–water partition coefficient (Wildman–Crippen LogP) is 18.5. The van der Waals surface area contributed by atoms with Crippen LogP contribution in [0.1, 0.15) is 142 Å². The second-order valence-corrected chi connectivity index (χ2v) is 21.5. The molecule has 1 unspecified atom stereocenters. The van der Waals surface area contributed by atoms with Crippen molar-refractivity contribution < 1.29 is 27.4 Å². The molecule has 3 aliphatic rings. The number of ether oxygens (including phenoxy) is 2. The Balaban J connectivity index is 0.848. The van der Waals surface area contributed by atoms with Crippen LogP contribution in [0.4, 0.5) is 18.9 Å². The highest BCUT2D eigenvalue weighted by atomic mass is 19.1. The first kappa shape index (κ1) is 49.8. The van der Waals surface area contributed by atoms with E-state index in [2.05, 4.69) is 75.5 Å². The molecule has 75 heavy (non-hydrogen) atoms. The zero-order valence-corrected chi connectivity index (χ0v) is 43.4. The molecular weight excluding hydrogens is 936 g/mol. The van der Waals surface area contributed by atoms with Gasteiger partial charge in [-0.3, -0.25) is 4.79 Å². The molecule has 8 aromatic carbocycles. The molecule has 1 N–H and O–H groups in total. The number of anilines is 1. The van der Waals surface area contributed by atoms with Gasteiger partial charge < -0.3 is 14.8 Å². The minimum Gasteiger partial charge on any atom is -0.494 e. The van der Waals surface area contributed by atoms with E-state index in [1.165, 1.54) is 75.1 Å². The highest BCUT2D eigenvalue weighted by Crippen LogP contribution is 2.59. The van der Waals surface area contributed by atoms with Crippen LogP contribution in [0.25, 0.3) is 50.2 Å². The summed E-state index contributed by atoms with van der Waals surface area (Å²) in [5, 5.41) is 3.25. The van der Waals surface area contributed by atoms with Crippen molar-refractivity contribution in [3.8, 4) is 44.9 Å². The molecule has 0 radical (unpaired) electrons. The van der Waals surface area contributed by atoms with Gasteiger partial charge in [0, 0.05) is 38.7 Å². The number of hydrogen-bond donors (Lipinski definition) is 1. The Morgan fingerprint density at radius 1 is 0.653 bits per heavy atom. The molecule has 1 atom stereocenters. The van der Waals surface area contributed by atoms with Gasteiger partial charge in [0.25, 0.3) is 5.91 Å². The molecule has 8 aromatic rings. The van der Waals surface area contributed by atoms with Crippen molar-refractivity contribution in [1.82, 2.24) is 0 Å². The average molecular weight is 1000 g/mol. The number of hydrogen-bond acceptors (Lipinski definition) is 3. The largest absolute Gasteiger partial charge is 0.494 e. The summed E-state index contributed by atoms with van der Waals surface area (Å²) in [7, 11) is 0. The van der Waals surface area contributed by atoms with E-state index >= 15 is 8.78 Å². The topological polar surface area (TPSA) is 47.6 Å². The van der Waals surface area contributed by atoms with Crippen LogP contribution in [-0.2, 0) is 11.0 Å². The summed E-state index contributed by atoms with van der Waals surface area (Å²) in [4.78, 5) is 13.5. The standard InChI is InChI=1S/C68H64F3NO3/c1-5-7-9-10-43-11-13-44(14-12-43)45-15-17-46(18-16-45)47-19-21-49(22-20-47)66(73)72-54-32-23-48(24-33-54)50-25-36-58-57(42-50)61-62-59(70)37-38-60(71)63(62)65-56(64(61)67(58,3)4)39-40-68(75-65,51-26-30-53(69)31-27-51)52-28-34-55(35-29-52)74-41-8-6-2/h15-40,42-44H,5-14,41H2,1-4H3,(H,72,73). The Bertz CT molecular complexity index is 3410. The third kappa shape index (κ3) is 9.45. The highest BCUT2D eigenvalue weighted by molar-refractivity contribution is 6.09. The SMILES string of the molecule is CCCCCC1CCC(c2ccc(-c3ccc(C(=O)Nc4ccc(-c5ccc6c(c5)-c5c(c7c(c8c(F)ccc(F)c58)OC(c5ccc(F)cc5)(c5ccc(OCCCC)cc5)C=C7)C6(C)C)cc4)cc3)cc2)CC1. The number of amides is 1. The Morgan fingerprint density at radius 3 is 1.92 bits per heavy atom. The van der Waals surface area contributed by atoms with Crippen LogP contribution in [-0.4, -0.2) is 12.5 Å². The fraction of sp³-hybridized carbons (Fsp3) is 0.279. The summed E-state index contributed by atoms with van der Waals surface area (Å²) in [5.74, 6) is 0.674. The fourth-order valence-electron chi connectivity index (χ4n) is 12.2. The van der Waals surface area contributed by atoms with Crippen molar-refractivity contribution in [3.63, 3.8) is 0 Å². The summed E-state index contributed by atoms with van der Waals surface area (Å²) < 4.78 is 61.1. The van der Waals surface area contributed by atoms with Gasteiger partial charge >= 0.3 is 0 Å². The number of nitrogens with one attached hydrogen (secondary N) is 1. The van der Waals surface area contributed by atoms with Crippen molar-refractivity contribution in [2.45, 2.75) is 109 Å². The lowest BCUT2D eigenvalue weighted by atomic mass is 9.76. The van der Waals surface area contributed by atoms with E-state index in [1.54, 1.807) is 12.1 Å². The summed E-state index contributed by atoms with van der Waals surface area (Å²) >= 11 is 0. The molecule has 1 saturated carbocycles. The molecular formula is C68H64F3NO3. The number of carbonyl (C=O) groups excluding carboxylic acids is 1. The zero-order valence-electron chi connectivity index (χ0n) is 43.4. The van der Waals surface area contributed by atoms with Gasteiger partial charge in [-0.15, -0.1) is 0 Å². The van der Waals surface area contributed by atoms with Gasteiger partial charge in [0.1, 0.15) is 29.0 Å². The van der Waals surface area contributed by atoms with Crippen LogP contribution in [0.15, 0.2) is 158 Å². The van der Waals surface area contributed by atoms with E-state index in [0.717, 1.165) is 63.8 Å². The molecule has 7 heteroatoms. The van der Waals surface area contributed by atoms with Crippen molar-refractivity contribution in [2.24, 2.45) is 5.92 Å². The number of benzene rings is 8. The third-order valence-corrected chi connectivity index (χ3v) is 16.4. The van der Waals surface area contributed by atoms with E-state index in [9.17, 15) is 9.18 Å². The molecule has 4 nitrogen and oxygen atoms in total. The first-order chi connectivity index (χ1) is 36.4. The van der Waals surface area contributed by atoms with Gasteiger partial charge in [0.2, 0.25) is 0 Å². The molecule has 0 spiro atoms. The van der Waals surface area contributed by atoms with Crippen LogP contribution < -0.4 is 14.8 Å². The van der Waals surface area contributed by atoms with E-state index in [0.29, 0.717) is 51.8 Å². The Kier molecular flexibility index (Phi) is 13.8. The van der Waals surface area contributed by atoms with Gasteiger partial charge in [-0.05, 0) is 167 Å². The van der Waals surface area contributed by atoms with Crippen LogP contribution in [0.5, 0.6) is 11.5 Å². The predicted molar refractivity (Wildman–Crippen MR) is 299 cm³/mol. The number of unbranched alkanes of at least 4 members (excludes halogenated alkanes) is 3. The molecule has 1 amide bonds. The maximum absolute atomic E-state index is 16.8. The Labute approximate surface area is 439 Å². The van der Waals surface area contributed by atoms with Crippen molar-refractivity contribution in [3.05, 3.63) is 214 Å². The molecule has 0 saturated heterocycles. The number of rotatable bonds is 15. The molecule has 0 bridgehead atoms.